The van der Waals surface area contributed by atoms with E-state index in [1.807, 2.05) is 18.2 Å². The lowest BCUT2D eigenvalue weighted by molar-refractivity contribution is -0.135. The van der Waals surface area contributed by atoms with Crippen molar-refractivity contribution >= 4 is 50.5 Å². The van der Waals surface area contributed by atoms with Crippen LogP contribution < -0.4 is 0 Å². The van der Waals surface area contributed by atoms with Crippen LogP contribution in [-0.2, 0) is 17.8 Å². The van der Waals surface area contributed by atoms with Gasteiger partial charge in [-0.2, -0.15) is 0 Å². The summed E-state index contributed by atoms with van der Waals surface area (Å²) in [7, 11) is 0. The quantitative estimate of drug-likeness (QED) is 0.712. The van der Waals surface area contributed by atoms with Gasteiger partial charge < -0.3 is 10.0 Å². The van der Waals surface area contributed by atoms with E-state index in [1.165, 1.54) is 5.56 Å². The summed E-state index contributed by atoms with van der Waals surface area (Å²) in [6.45, 7) is 0.626. The first-order chi connectivity index (χ1) is 12.1. The predicted molar refractivity (Wildman–Crippen MR) is 101 cm³/mol. The van der Waals surface area contributed by atoms with Crippen LogP contribution in [0.5, 0.6) is 0 Å². The standard InChI is InChI=1S/C18H14Cl2N2O2S/c19-13-7-12(10-1-4-21-5-2-10)16-11-3-6-22(15(24)9-23)8-14(11)25-18(16)17(13)20/h1-2,4-5,7,23H,3,6,8-9H2. The van der Waals surface area contributed by atoms with Crippen molar-refractivity contribution in [2.24, 2.45) is 0 Å². The van der Waals surface area contributed by atoms with Gasteiger partial charge >= 0.3 is 0 Å². The Balaban J connectivity index is 1.93. The molecule has 0 aliphatic carbocycles. The largest absolute Gasteiger partial charge is 0.387 e. The zero-order valence-electron chi connectivity index (χ0n) is 13.1. The number of carbonyl (C=O) groups is 1. The van der Waals surface area contributed by atoms with E-state index < -0.39 is 6.61 Å². The van der Waals surface area contributed by atoms with Crippen molar-refractivity contribution in [1.82, 2.24) is 9.88 Å². The maximum absolute atomic E-state index is 11.8. The number of halogens is 2. The number of aromatic nitrogens is 1. The SMILES string of the molecule is O=C(CO)N1CCc2c(sc3c(Cl)c(Cl)cc(-c4ccncc4)c23)C1. The van der Waals surface area contributed by atoms with E-state index in [9.17, 15) is 4.79 Å². The number of pyridine rings is 1. The highest BCUT2D eigenvalue weighted by Crippen LogP contribution is 2.46. The van der Waals surface area contributed by atoms with E-state index >= 15 is 0 Å². The number of hydrogen-bond donors (Lipinski definition) is 1. The highest BCUT2D eigenvalue weighted by molar-refractivity contribution is 7.20. The Morgan fingerprint density at radius 1 is 1.32 bits per heavy atom. The van der Waals surface area contributed by atoms with Crippen LogP contribution in [0.25, 0.3) is 21.2 Å². The van der Waals surface area contributed by atoms with Gasteiger partial charge in [-0.3, -0.25) is 9.78 Å². The van der Waals surface area contributed by atoms with E-state index in [0.29, 0.717) is 23.1 Å². The summed E-state index contributed by atoms with van der Waals surface area (Å²) in [6.07, 6.45) is 4.24. The topological polar surface area (TPSA) is 53.4 Å². The van der Waals surface area contributed by atoms with Gasteiger partial charge in [-0.25, -0.2) is 0 Å². The summed E-state index contributed by atoms with van der Waals surface area (Å²) in [5.41, 5.74) is 3.28. The van der Waals surface area contributed by atoms with Gasteiger partial charge in [-0.05, 0) is 41.3 Å². The summed E-state index contributed by atoms with van der Waals surface area (Å²) in [5, 5.41) is 11.3. The number of amides is 1. The number of thiophene rings is 1. The first-order valence-corrected chi connectivity index (χ1v) is 9.38. The number of benzene rings is 1. The van der Waals surface area contributed by atoms with Gasteiger partial charge in [0.15, 0.2) is 0 Å². The van der Waals surface area contributed by atoms with Gasteiger partial charge in [0.2, 0.25) is 5.91 Å². The fraction of sp³-hybridized carbons (Fsp3) is 0.222. The van der Waals surface area contributed by atoms with Crippen molar-refractivity contribution in [3.8, 4) is 11.1 Å². The van der Waals surface area contributed by atoms with Crippen molar-refractivity contribution in [1.29, 1.82) is 0 Å². The van der Waals surface area contributed by atoms with E-state index in [4.69, 9.17) is 28.3 Å². The lowest BCUT2D eigenvalue weighted by Gasteiger charge is -2.26. The Morgan fingerprint density at radius 2 is 2.08 bits per heavy atom. The molecule has 4 nitrogen and oxygen atoms in total. The Bertz CT molecular complexity index is 972. The second kappa shape index (κ2) is 6.57. The van der Waals surface area contributed by atoms with Crippen molar-refractivity contribution in [2.45, 2.75) is 13.0 Å². The van der Waals surface area contributed by atoms with Crippen molar-refractivity contribution in [3.63, 3.8) is 0 Å². The van der Waals surface area contributed by atoms with Crippen LogP contribution >= 0.6 is 34.5 Å². The summed E-state index contributed by atoms with van der Waals surface area (Å²) in [5.74, 6) is -0.249. The molecule has 3 heterocycles. The van der Waals surface area contributed by atoms with Gasteiger partial charge in [0.25, 0.3) is 0 Å². The van der Waals surface area contributed by atoms with E-state index in [2.05, 4.69) is 4.98 Å². The molecule has 1 aromatic carbocycles. The summed E-state index contributed by atoms with van der Waals surface area (Å²) >= 11 is 14.4. The number of carbonyl (C=O) groups excluding carboxylic acids is 1. The molecule has 128 valence electrons. The van der Waals surface area contributed by atoms with Crippen molar-refractivity contribution in [2.75, 3.05) is 13.2 Å². The van der Waals surface area contributed by atoms with Crippen molar-refractivity contribution < 1.29 is 9.90 Å². The predicted octanol–water partition coefficient (Wildman–Crippen LogP) is 4.15. The number of hydrogen-bond acceptors (Lipinski definition) is 4. The van der Waals surface area contributed by atoms with Crippen molar-refractivity contribution in [3.05, 3.63) is 51.1 Å². The second-order valence-electron chi connectivity index (χ2n) is 5.89. The van der Waals surface area contributed by atoms with Crippen LogP contribution in [0.4, 0.5) is 0 Å². The van der Waals surface area contributed by atoms with E-state index in [0.717, 1.165) is 32.5 Å². The molecular formula is C18H14Cl2N2O2S. The molecule has 0 atom stereocenters. The minimum Gasteiger partial charge on any atom is -0.387 e. The van der Waals surface area contributed by atoms with Gasteiger partial charge in [0.1, 0.15) is 6.61 Å². The molecule has 0 fully saturated rings. The molecule has 0 saturated carbocycles. The summed E-state index contributed by atoms with van der Waals surface area (Å²) < 4.78 is 0.948. The molecule has 1 aliphatic rings. The first-order valence-electron chi connectivity index (χ1n) is 7.81. The monoisotopic (exact) mass is 392 g/mol. The summed E-state index contributed by atoms with van der Waals surface area (Å²) in [4.78, 5) is 18.7. The highest BCUT2D eigenvalue weighted by atomic mass is 35.5. The number of aliphatic hydroxyl groups is 1. The fourth-order valence-corrected chi connectivity index (χ4v) is 5.14. The Kier molecular flexibility index (Phi) is 4.41. The van der Waals surface area contributed by atoms with Crippen LogP contribution in [0.2, 0.25) is 10.0 Å². The molecule has 0 saturated heterocycles. The Labute approximate surface area is 158 Å². The minimum absolute atomic E-state index is 0.249. The Morgan fingerprint density at radius 3 is 2.80 bits per heavy atom. The molecule has 3 aromatic rings. The molecule has 1 aliphatic heterocycles. The van der Waals surface area contributed by atoms with Crippen LogP contribution in [0, 0.1) is 0 Å². The normalized spacial score (nSPS) is 14.0. The van der Waals surface area contributed by atoms with Gasteiger partial charge in [-0.15, -0.1) is 11.3 Å². The number of fused-ring (bicyclic) bond motifs is 3. The molecule has 4 rings (SSSR count). The molecule has 2 aromatic heterocycles. The number of rotatable bonds is 2. The molecule has 0 radical (unpaired) electrons. The average molecular weight is 393 g/mol. The highest BCUT2D eigenvalue weighted by Gasteiger charge is 2.26. The maximum atomic E-state index is 11.8. The average Bonchev–Trinajstić information content (AvgIpc) is 3.03. The number of aliphatic hydroxyl groups excluding tert-OH is 1. The zero-order chi connectivity index (χ0) is 17.6. The third-order valence-corrected chi connectivity index (χ3v) is 6.62. The molecule has 25 heavy (non-hydrogen) atoms. The van der Waals surface area contributed by atoms with E-state index in [1.54, 1.807) is 28.6 Å². The maximum Gasteiger partial charge on any atom is 0.248 e. The van der Waals surface area contributed by atoms with Gasteiger partial charge in [0.05, 0.1) is 21.3 Å². The smallest absolute Gasteiger partial charge is 0.248 e. The third-order valence-electron chi connectivity index (χ3n) is 4.49. The molecule has 0 bridgehead atoms. The molecule has 0 spiro atoms. The molecule has 1 N–H and O–H groups in total. The molecule has 0 unspecified atom stereocenters. The lowest BCUT2D eigenvalue weighted by atomic mass is 9.96. The molecular weight excluding hydrogens is 379 g/mol. The molecule has 7 heteroatoms. The van der Waals surface area contributed by atoms with Crippen LogP contribution in [0.3, 0.4) is 0 Å². The van der Waals surface area contributed by atoms with Gasteiger partial charge in [0, 0.05) is 29.2 Å². The van der Waals surface area contributed by atoms with Gasteiger partial charge in [-0.1, -0.05) is 23.2 Å². The van der Waals surface area contributed by atoms with Crippen LogP contribution in [-0.4, -0.2) is 34.0 Å². The second-order valence-corrected chi connectivity index (χ2v) is 7.78. The lowest BCUT2D eigenvalue weighted by Crippen LogP contribution is -2.37. The zero-order valence-corrected chi connectivity index (χ0v) is 15.5. The Hall–Kier alpha value is -1.66. The fourth-order valence-electron chi connectivity index (χ4n) is 3.29. The minimum atomic E-state index is -0.463. The number of nitrogens with zero attached hydrogens (tertiary/aromatic N) is 2. The molecule has 1 amide bonds. The summed E-state index contributed by atoms with van der Waals surface area (Å²) in [6, 6.07) is 5.81. The van der Waals surface area contributed by atoms with Crippen LogP contribution in [0.15, 0.2) is 30.6 Å². The van der Waals surface area contributed by atoms with Crippen LogP contribution in [0.1, 0.15) is 10.4 Å². The van der Waals surface area contributed by atoms with E-state index in [-0.39, 0.29) is 5.91 Å². The third kappa shape index (κ3) is 2.81. The first kappa shape index (κ1) is 16.8.